The van der Waals surface area contributed by atoms with Gasteiger partial charge in [0.2, 0.25) is 5.91 Å². The molecule has 0 aromatic heterocycles. The predicted molar refractivity (Wildman–Crippen MR) is 72.4 cm³/mol. The highest BCUT2D eigenvalue weighted by atomic mass is 16.5. The van der Waals surface area contributed by atoms with Crippen molar-refractivity contribution in [2.75, 3.05) is 20.3 Å². The van der Waals surface area contributed by atoms with Gasteiger partial charge in [-0.05, 0) is 24.7 Å². The topological polar surface area (TPSA) is 87.7 Å². The number of likely N-dealkylation sites (N-methyl/N-ethyl adjacent to an activating group) is 1. The van der Waals surface area contributed by atoms with Crippen molar-refractivity contribution in [3.05, 3.63) is 35.4 Å². The highest BCUT2D eigenvalue weighted by Crippen LogP contribution is 2.13. The number of hydrogen-bond donors (Lipinski definition) is 3. The second kappa shape index (κ2) is 6.49. The number of carboxylic acids is 1. The maximum absolute atomic E-state index is 12.0. The van der Waals surface area contributed by atoms with E-state index in [1.165, 1.54) is 12.1 Å². The largest absolute Gasteiger partial charge is 0.478 e. The standard InChI is InChI=1S/C14H18N2O4/c1-15-12-8-20-7-11(12)13(17)16-6-9-2-4-10(5-3-9)14(18)19/h2-5,11-12,15H,6-8H2,1H3,(H,16,17)(H,18,19). The fourth-order valence-corrected chi connectivity index (χ4v) is 2.18. The summed E-state index contributed by atoms with van der Waals surface area (Å²) in [7, 11) is 1.81. The number of hydrogen-bond acceptors (Lipinski definition) is 4. The zero-order valence-electron chi connectivity index (χ0n) is 11.3. The molecular weight excluding hydrogens is 260 g/mol. The molecule has 1 aromatic carbocycles. The second-order valence-corrected chi connectivity index (χ2v) is 4.76. The normalized spacial score (nSPS) is 21.6. The van der Waals surface area contributed by atoms with Gasteiger partial charge < -0.3 is 20.5 Å². The molecule has 1 fully saturated rings. The Morgan fingerprint density at radius 2 is 2.00 bits per heavy atom. The lowest BCUT2D eigenvalue weighted by Crippen LogP contribution is -2.42. The minimum atomic E-state index is -0.958. The molecule has 1 aliphatic rings. The van der Waals surface area contributed by atoms with E-state index in [1.807, 2.05) is 7.05 Å². The minimum Gasteiger partial charge on any atom is -0.478 e. The smallest absolute Gasteiger partial charge is 0.335 e. The minimum absolute atomic E-state index is 0.0457. The lowest BCUT2D eigenvalue weighted by Gasteiger charge is -2.16. The van der Waals surface area contributed by atoms with Crippen LogP contribution in [0.5, 0.6) is 0 Å². The Morgan fingerprint density at radius 3 is 2.60 bits per heavy atom. The van der Waals surface area contributed by atoms with Gasteiger partial charge in [0.15, 0.2) is 0 Å². The predicted octanol–water partition coefficient (Wildman–Crippen LogP) is 0.235. The Bertz CT molecular complexity index is 486. The van der Waals surface area contributed by atoms with E-state index in [0.29, 0.717) is 19.8 Å². The monoisotopic (exact) mass is 278 g/mol. The van der Waals surface area contributed by atoms with Crippen molar-refractivity contribution in [2.45, 2.75) is 12.6 Å². The third-order valence-electron chi connectivity index (χ3n) is 3.46. The third kappa shape index (κ3) is 3.34. The summed E-state index contributed by atoms with van der Waals surface area (Å²) in [6.07, 6.45) is 0. The lowest BCUT2D eigenvalue weighted by molar-refractivity contribution is -0.125. The molecule has 108 valence electrons. The van der Waals surface area contributed by atoms with E-state index in [9.17, 15) is 9.59 Å². The van der Waals surface area contributed by atoms with Crippen molar-refractivity contribution >= 4 is 11.9 Å². The number of benzene rings is 1. The Morgan fingerprint density at radius 1 is 1.30 bits per heavy atom. The molecule has 1 heterocycles. The number of rotatable bonds is 5. The van der Waals surface area contributed by atoms with Gasteiger partial charge in [0.25, 0.3) is 0 Å². The average Bonchev–Trinajstić information content (AvgIpc) is 2.93. The van der Waals surface area contributed by atoms with Gasteiger partial charge in [-0.2, -0.15) is 0 Å². The van der Waals surface area contributed by atoms with Gasteiger partial charge >= 0.3 is 5.97 Å². The van der Waals surface area contributed by atoms with Crippen molar-refractivity contribution in [1.29, 1.82) is 0 Å². The Balaban J connectivity index is 1.88. The summed E-state index contributed by atoms with van der Waals surface area (Å²) in [4.78, 5) is 22.8. The van der Waals surface area contributed by atoms with Crippen LogP contribution in [-0.2, 0) is 16.1 Å². The highest BCUT2D eigenvalue weighted by Gasteiger charge is 2.32. The molecule has 1 saturated heterocycles. The summed E-state index contributed by atoms with van der Waals surface area (Å²) in [5, 5.41) is 14.7. The van der Waals surface area contributed by atoms with Crippen LogP contribution in [0.3, 0.4) is 0 Å². The van der Waals surface area contributed by atoms with Crippen molar-refractivity contribution in [3.8, 4) is 0 Å². The Labute approximate surface area is 117 Å². The first-order chi connectivity index (χ1) is 9.61. The van der Waals surface area contributed by atoms with Crippen LogP contribution in [0.25, 0.3) is 0 Å². The summed E-state index contributed by atoms with van der Waals surface area (Å²) in [5.41, 5.74) is 1.10. The van der Waals surface area contributed by atoms with Crippen LogP contribution in [0.4, 0.5) is 0 Å². The molecule has 20 heavy (non-hydrogen) atoms. The number of amides is 1. The van der Waals surface area contributed by atoms with Crippen LogP contribution >= 0.6 is 0 Å². The number of aromatic carboxylic acids is 1. The quantitative estimate of drug-likeness (QED) is 0.718. The second-order valence-electron chi connectivity index (χ2n) is 4.76. The molecule has 0 saturated carbocycles. The first-order valence-corrected chi connectivity index (χ1v) is 6.46. The summed E-state index contributed by atoms with van der Waals surface area (Å²) in [5.74, 6) is -1.19. The van der Waals surface area contributed by atoms with Gasteiger partial charge in [0, 0.05) is 12.6 Å². The molecule has 2 unspecified atom stereocenters. The van der Waals surface area contributed by atoms with Gasteiger partial charge in [-0.1, -0.05) is 12.1 Å². The molecule has 0 spiro atoms. The molecule has 3 N–H and O–H groups in total. The van der Waals surface area contributed by atoms with E-state index in [2.05, 4.69) is 10.6 Å². The lowest BCUT2D eigenvalue weighted by atomic mass is 10.0. The first-order valence-electron chi connectivity index (χ1n) is 6.46. The van der Waals surface area contributed by atoms with E-state index in [1.54, 1.807) is 12.1 Å². The Hall–Kier alpha value is -1.92. The van der Waals surface area contributed by atoms with Gasteiger partial charge in [0.05, 0.1) is 24.7 Å². The molecule has 0 radical (unpaired) electrons. The molecule has 1 aliphatic heterocycles. The van der Waals surface area contributed by atoms with Crippen LogP contribution in [0.15, 0.2) is 24.3 Å². The SMILES string of the molecule is CNC1COCC1C(=O)NCc1ccc(C(=O)O)cc1. The average molecular weight is 278 g/mol. The summed E-state index contributed by atoms with van der Waals surface area (Å²) in [6.45, 7) is 1.35. The number of carbonyl (C=O) groups is 2. The molecule has 2 atom stereocenters. The molecule has 6 nitrogen and oxygen atoms in total. The summed E-state index contributed by atoms with van der Waals surface area (Å²) >= 11 is 0. The van der Waals surface area contributed by atoms with Crippen molar-refractivity contribution in [2.24, 2.45) is 5.92 Å². The number of carbonyl (C=O) groups excluding carboxylic acids is 1. The molecule has 2 rings (SSSR count). The van der Waals surface area contributed by atoms with E-state index in [0.717, 1.165) is 5.56 Å². The first kappa shape index (κ1) is 14.5. The molecule has 0 bridgehead atoms. The third-order valence-corrected chi connectivity index (χ3v) is 3.46. The van der Waals surface area contributed by atoms with Gasteiger partial charge in [-0.15, -0.1) is 0 Å². The molecular formula is C14H18N2O4. The fourth-order valence-electron chi connectivity index (χ4n) is 2.18. The molecule has 6 heteroatoms. The summed E-state index contributed by atoms with van der Waals surface area (Å²) < 4.78 is 5.29. The Kier molecular flexibility index (Phi) is 4.70. The molecule has 1 amide bonds. The van der Waals surface area contributed by atoms with Crippen LogP contribution < -0.4 is 10.6 Å². The van der Waals surface area contributed by atoms with Gasteiger partial charge in [-0.3, -0.25) is 4.79 Å². The van der Waals surface area contributed by atoms with Gasteiger partial charge in [-0.25, -0.2) is 4.79 Å². The number of nitrogens with one attached hydrogen (secondary N) is 2. The maximum atomic E-state index is 12.0. The van der Waals surface area contributed by atoms with Crippen molar-refractivity contribution in [1.82, 2.24) is 10.6 Å². The maximum Gasteiger partial charge on any atom is 0.335 e. The van der Waals surface area contributed by atoms with E-state index < -0.39 is 5.97 Å². The van der Waals surface area contributed by atoms with Crippen LogP contribution in [0, 0.1) is 5.92 Å². The van der Waals surface area contributed by atoms with Crippen LogP contribution in [0.1, 0.15) is 15.9 Å². The van der Waals surface area contributed by atoms with E-state index in [-0.39, 0.29) is 23.4 Å². The van der Waals surface area contributed by atoms with Gasteiger partial charge in [0.1, 0.15) is 0 Å². The fraction of sp³-hybridized carbons (Fsp3) is 0.429. The van der Waals surface area contributed by atoms with Crippen LogP contribution in [-0.4, -0.2) is 43.3 Å². The molecule has 0 aliphatic carbocycles. The zero-order chi connectivity index (χ0) is 14.5. The molecule has 1 aromatic rings. The number of ether oxygens (including phenoxy) is 1. The van der Waals surface area contributed by atoms with Crippen LogP contribution in [0.2, 0.25) is 0 Å². The van der Waals surface area contributed by atoms with Crippen molar-refractivity contribution < 1.29 is 19.4 Å². The highest BCUT2D eigenvalue weighted by molar-refractivity contribution is 5.87. The van der Waals surface area contributed by atoms with Crippen molar-refractivity contribution in [3.63, 3.8) is 0 Å². The zero-order valence-corrected chi connectivity index (χ0v) is 11.3. The number of carboxylic acid groups (broad SMARTS) is 1. The van der Waals surface area contributed by atoms with E-state index >= 15 is 0 Å². The summed E-state index contributed by atoms with van der Waals surface area (Å²) in [6, 6.07) is 6.50. The van der Waals surface area contributed by atoms with E-state index in [4.69, 9.17) is 9.84 Å².